The zero-order valence-electron chi connectivity index (χ0n) is 11.4. The molecule has 0 aliphatic heterocycles. The minimum Gasteiger partial charge on any atom is -0.478 e. The number of rotatable bonds is 4. The standard InChI is InChI=1S/C14H19NO4S/c1-14(8-3-2-4-9-14)15-20(18,19)12-7-5-6-11(10-12)13(16)17/h5-7,10,15H,2-4,8-9H2,1H3,(H,16,17). The van der Waals surface area contributed by atoms with E-state index in [1.54, 1.807) is 0 Å². The minimum absolute atomic E-state index is 0.00389. The van der Waals surface area contributed by atoms with E-state index in [-0.39, 0.29) is 10.5 Å². The Bertz CT molecular complexity index is 603. The Morgan fingerprint density at radius 1 is 1.25 bits per heavy atom. The van der Waals surface area contributed by atoms with Crippen molar-refractivity contribution in [2.75, 3.05) is 0 Å². The van der Waals surface area contributed by atoms with Gasteiger partial charge in [-0.25, -0.2) is 17.9 Å². The monoisotopic (exact) mass is 297 g/mol. The molecule has 1 aliphatic carbocycles. The van der Waals surface area contributed by atoms with Gasteiger partial charge in [0.15, 0.2) is 0 Å². The molecule has 0 spiro atoms. The molecule has 5 nitrogen and oxygen atoms in total. The third-order valence-electron chi connectivity index (χ3n) is 3.73. The summed E-state index contributed by atoms with van der Waals surface area (Å²) in [6.45, 7) is 1.91. The lowest BCUT2D eigenvalue weighted by atomic mass is 9.84. The van der Waals surface area contributed by atoms with Gasteiger partial charge in [0.25, 0.3) is 0 Å². The Balaban J connectivity index is 2.26. The summed E-state index contributed by atoms with van der Waals surface area (Å²) in [5.74, 6) is -1.13. The summed E-state index contributed by atoms with van der Waals surface area (Å²) >= 11 is 0. The predicted molar refractivity (Wildman–Crippen MR) is 75.2 cm³/mol. The van der Waals surface area contributed by atoms with Gasteiger partial charge in [0.1, 0.15) is 0 Å². The van der Waals surface area contributed by atoms with E-state index < -0.39 is 21.5 Å². The molecule has 0 heterocycles. The van der Waals surface area contributed by atoms with Crippen LogP contribution in [0, 0.1) is 0 Å². The smallest absolute Gasteiger partial charge is 0.335 e. The Kier molecular flexibility index (Phi) is 4.15. The molecule has 1 aromatic carbocycles. The van der Waals surface area contributed by atoms with Gasteiger partial charge in [-0.1, -0.05) is 25.3 Å². The molecule has 0 amide bonds. The van der Waals surface area contributed by atoms with Crippen molar-refractivity contribution >= 4 is 16.0 Å². The number of carboxylic acid groups (broad SMARTS) is 1. The van der Waals surface area contributed by atoms with Crippen molar-refractivity contribution in [3.05, 3.63) is 29.8 Å². The van der Waals surface area contributed by atoms with Crippen LogP contribution in [0.15, 0.2) is 29.2 Å². The van der Waals surface area contributed by atoms with Crippen LogP contribution in [0.2, 0.25) is 0 Å². The van der Waals surface area contributed by atoms with Gasteiger partial charge in [0.2, 0.25) is 10.0 Å². The van der Waals surface area contributed by atoms with E-state index in [0.29, 0.717) is 0 Å². The Labute approximate surface area is 119 Å². The highest BCUT2D eigenvalue weighted by atomic mass is 32.2. The number of nitrogens with one attached hydrogen (secondary N) is 1. The number of carboxylic acids is 1. The lowest BCUT2D eigenvalue weighted by Crippen LogP contribution is -2.47. The molecule has 6 heteroatoms. The maximum absolute atomic E-state index is 12.4. The summed E-state index contributed by atoms with van der Waals surface area (Å²) in [6.07, 6.45) is 4.77. The van der Waals surface area contributed by atoms with Gasteiger partial charge >= 0.3 is 5.97 Å². The van der Waals surface area contributed by atoms with Crippen molar-refractivity contribution in [1.29, 1.82) is 0 Å². The Morgan fingerprint density at radius 2 is 1.90 bits per heavy atom. The van der Waals surface area contributed by atoms with Crippen LogP contribution in [0.1, 0.15) is 49.4 Å². The van der Waals surface area contributed by atoms with E-state index in [0.717, 1.165) is 32.1 Å². The van der Waals surface area contributed by atoms with Crippen molar-refractivity contribution in [2.24, 2.45) is 0 Å². The van der Waals surface area contributed by atoms with Gasteiger partial charge in [-0.05, 0) is 38.0 Å². The normalized spacial score (nSPS) is 18.6. The first-order valence-corrected chi connectivity index (χ1v) is 8.18. The summed E-state index contributed by atoms with van der Waals surface area (Å²) in [6, 6.07) is 5.43. The van der Waals surface area contributed by atoms with Gasteiger partial charge < -0.3 is 5.11 Å². The van der Waals surface area contributed by atoms with Gasteiger partial charge in [0, 0.05) is 5.54 Å². The van der Waals surface area contributed by atoms with Crippen molar-refractivity contribution in [3.63, 3.8) is 0 Å². The number of hydrogen-bond acceptors (Lipinski definition) is 3. The molecule has 1 fully saturated rings. The Morgan fingerprint density at radius 3 is 2.50 bits per heavy atom. The largest absolute Gasteiger partial charge is 0.478 e. The quantitative estimate of drug-likeness (QED) is 0.893. The number of hydrogen-bond donors (Lipinski definition) is 2. The fraction of sp³-hybridized carbons (Fsp3) is 0.500. The highest BCUT2D eigenvalue weighted by Crippen LogP contribution is 2.29. The minimum atomic E-state index is -3.69. The number of benzene rings is 1. The van der Waals surface area contributed by atoms with E-state index in [1.165, 1.54) is 24.3 Å². The Hall–Kier alpha value is -1.40. The van der Waals surface area contributed by atoms with Crippen molar-refractivity contribution in [3.8, 4) is 0 Å². The van der Waals surface area contributed by atoms with Crippen molar-refractivity contribution < 1.29 is 18.3 Å². The lowest BCUT2D eigenvalue weighted by Gasteiger charge is -2.34. The van der Waals surface area contributed by atoms with Gasteiger partial charge in [0.05, 0.1) is 10.5 Å². The molecular formula is C14H19NO4S. The molecule has 2 rings (SSSR count). The SMILES string of the molecule is CC1(NS(=O)(=O)c2cccc(C(=O)O)c2)CCCCC1. The third-order valence-corrected chi connectivity index (χ3v) is 5.37. The molecule has 0 atom stereocenters. The summed E-state index contributed by atoms with van der Waals surface area (Å²) in [7, 11) is -3.69. The van der Waals surface area contributed by atoms with Crippen LogP contribution in [0.25, 0.3) is 0 Å². The highest BCUT2D eigenvalue weighted by molar-refractivity contribution is 7.89. The maximum atomic E-state index is 12.4. The van der Waals surface area contributed by atoms with Crippen molar-refractivity contribution in [2.45, 2.75) is 49.5 Å². The molecule has 110 valence electrons. The zero-order chi connectivity index (χ0) is 14.8. The van der Waals surface area contributed by atoms with Crippen LogP contribution < -0.4 is 4.72 Å². The van der Waals surface area contributed by atoms with Gasteiger partial charge in [-0.2, -0.15) is 0 Å². The molecule has 0 radical (unpaired) electrons. The average Bonchev–Trinajstić information content (AvgIpc) is 2.38. The summed E-state index contributed by atoms with van der Waals surface area (Å²) in [4.78, 5) is 10.9. The lowest BCUT2D eigenvalue weighted by molar-refractivity contribution is 0.0696. The molecule has 20 heavy (non-hydrogen) atoms. The molecule has 1 aliphatic rings. The first-order chi connectivity index (χ1) is 9.32. The number of sulfonamides is 1. The maximum Gasteiger partial charge on any atom is 0.335 e. The van der Waals surface area contributed by atoms with E-state index in [1.807, 2.05) is 6.92 Å². The summed E-state index contributed by atoms with van der Waals surface area (Å²) in [5.41, 5.74) is -0.460. The second kappa shape index (κ2) is 5.54. The van der Waals surface area contributed by atoms with Crippen LogP contribution in [0.4, 0.5) is 0 Å². The number of aromatic carboxylic acids is 1. The second-order valence-corrected chi connectivity index (χ2v) is 7.24. The highest BCUT2D eigenvalue weighted by Gasteiger charge is 2.32. The first-order valence-electron chi connectivity index (χ1n) is 6.70. The summed E-state index contributed by atoms with van der Waals surface area (Å²) < 4.78 is 27.5. The molecule has 0 bridgehead atoms. The first kappa shape index (κ1) is 15.0. The molecular weight excluding hydrogens is 278 g/mol. The number of carbonyl (C=O) groups is 1. The van der Waals surface area contributed by atoms with Crippen LogP contribution in [-0.4, -0.2) is 25.0 Å². The van der Waals surface area contributed by atoms with E-state index in [9.17, 15) is 13.2 Å². The van der Waals surface area contributed by atoms with E-state index >= 15 is 0 Å². The van der Waals surface area contributed by atoms with Crippen LogP contribution in [0.5, 0.6) is 0 Å². The van der Waals surface area contributed by atoms with Gasteiger partial charge in [-0.3, -0.25) is 0 Å². The van der Waals surface area contributed by atoms with Crippen LogP contribution in [0.3, 0.4) is 0 Å². The fourth-order valence-electron chi connectivity index (χ4n) is 2.61. The van der Waals surface area contributed by atoms with E-state index in [2.05, 4.69) is 4.72 Å². The molecule has 0 saturated heterocycles. The van der Waals surface area contributed by atoms with E-state index in [4.69, 9.17) is 5.11 Å². The third kappa shape index (κ3) is 3.37. The molecule has 0 unspecified atom stereocenters. The molecule has 1 saturated carbocycles. The molecule has 2 N–H and O–H groups in total. The average molecular weight is 297 g/mol. The van der Waals surface area contributed by atoms with Crippen molar-refractivity contribution in [1.82, 2.24) is 4.72 Å². The zero-order valence-corrected chi connectivity index (χ0v) is 12.2. The predicted octanol–water partition coefficient (Wildman–Crippen LogP) is 2.39. The van der Waals surface area contributed by atoms with Gasteiger partial charge in [-0.15, -0.1) is 0 Å². The fourth-order valence-corrected chi connectivity index (χ4v) is 4.12. The van der Waals surface area contributed by atoms with Crippen LogP contribution >= 0.6 is 0 Å². The van der Waals surface area contributed by atoms with Crippen LogP contribution in [-0.2, 0) is 10.0 Å². The second-order valence-electron chi connectivity index (χ2n) is 5.56. The molecule has 1 aromatic rings. The summed E-state index contributed by atoms with van der Waals surface area (Å²) in [5, 5.41) is 8.93. The molecule has 0 aromatic heterocycles. The topological polar surface area (TPSA) is 83.5 Å².